The summed E-state index contributed by atoms with van der Waals surface area (Å²) in [5, 5.41) is 0. The van der Waals surface area contributed by atoms with Gasteiger partial charge in [0, 0.05) is 31.7 Å². The van der Waals surface area contributed by atoms with Gasteiger partial charge in [-0.25, -0.2) is 0 Å². The van der Waals surface area contributed by atoms with E-state index in [1.165, 1.54) is 43.4 Å². The number of nitrogens with zero attached hydrogens (tertiary/aromatic N) is 2. The van der Waals surface area contributed by atoms with E-state index in [9.17, 15) is 0 Å². The molecule has 4 nitrogen and oxygen atoms in total. The van der Waals surface area contributed by atoms with Crippen molar-refractivity contribution in [3.63, 3.8) is 0 Å². The van der Waals surface area contributed by atoms with Gasteiger partial charge in [0.25, 0.3) is 0 Å². The Morgan fingerprint density at radius 3 is 2.63 bits per heavy atom. The molecule has 4 heteroatoms. The normalized spacial score (nSPS) is 26.4. The molecule has 2 aliphatic heterocycles. The van der Waals surface area contributed by atoms with Crippen molar-refractivity contribution >= 4 is 0 Å². The summed E-state index contributed by atoms with van der Waals surface area (Å²) in [5.74, 6) is 3.34. The molecule has 27 heavy (non-hydrogen) atoms. The van der Waals surface area contributed by atoms with E-state index >= 15 is 0 Å². The van der Waals surface area contributed by atoms with E-state index in [2.05, 4.69) is 42.8 Å². The van der Waals surface area contributed by atoms with E-state index in [1.54, 1.807) is 7.11 Å². The van der Waals surface area contributed by atoms with Crippen molar-refractivity contribution in [2.45, 2.75) is 58.0 Å². The van der Waals surface area contributed by atoms with Gasteiger partial charge in [0.05, 0.1) is 13.7 Å². The minimum atomic E-state index is 0.483. The average Bonchev–Trinajstić information content (AvgIpc) is 2.60. The van der Waals surface area contributed by atoms with Gasteiger partial charge in [0.2, 0.25) is 0 Å². The first kappa shape index (κ1) is 19.1. The van der Waals surface area contributed by atoms with Crippen LogP contribution in [0.15, 0.2) is 12.1 Å². The second kappa shape index (κ2) is 8.00. The first-order chi connectivity index (χ1) is 13.0. The second-order valence-electron chi connectivity index (χ2n) is 9.29. The highest BCUT2D eigenvalue weighted by molar-refractivity contribution is 5.49. The van der Waals surface area contributed by atoms with Crippen LogP contribution in [0.4, 0.5) is 0 Å². The zero-order valence-electron chi connectivity index (χ0n) is 17.5. The number of piperazine rings is 1. The van der Waals surface area contributed by atoms with Crippen LogP contribution < -0.4 is 9.47 Å². The van der Waals surface area contributed by atoms with Crippen LogP contribution in [0.3, 0.4) is 0 Å². The summed E-state index contributed by atoms with van der Waals surface area (Å²) >= 11 is 0. The first-order valence-electron chi connectivity index (χ1n) is 10.8. The molecule has 0 spiro atoms. The fraction of sp³-hybridized carbons (Fsp3) is 0.739. The smallest absolute Gasteiger partial charge is 0.161 e. The highest BCUT2D eigenvalue weighted by Crippen LogP contribution is 2.41. The summed E-state index contributed by atoms with van der Waals surface area (Å²) in [4.78, 5) is 5.27. The molecule has 3 aliphatic rings. The number of hydrogen-bond donors (Lipinski definition) is 0. The Morgan fingerprint density at radius 1 is 1.15 bits per heavy atom. The summed E-state index contributed by atoms with van der Waals surface area (Å²) < 4.78 is 11.9. The fourth-order valence-electron chi connectivity index (χ4n) is 4.96. The largest absolute Gasteiger partial charge is 0.493 e. The highest BCUT2D eigenvalue weighted by Gasteiger charge is 2.36. The van der Waals surface area contributed by atoms with Crippen molar-refractivity contribution < 1.29 is 9.47 Å². The molecule has 1 aromatic rings. The lowest BCUT2D eigenvalue weighted by Gasteiger charge is -2.48. The minimum absolute atomic E-state index is 0.483. The molecule has 0 radical (unpaired) electrons. The Labute approximate surface area is 164 Å². The molecule has 0 unspecified atom stereocenters. The minimum Gasteiger partial charge on any atom is -0.493 e. The van der Waals surface area contributed by atoms with Crippen LogP contribution >= 0.6 is 0 Å². The Morgan fingerprint density at radius 2 is 1.96 bits per heavy atom. The van der Waals surface area contributed by atoms with Gasteiger partial charge in [-0.2, -0.15) is 0 Å². The molecule has 0 aromatic heterocycles. The van der Waals surface area contributed by atoms with E-state index in [-0.39, 0.29) is 0 Å². The van der Waals surface area contributed by atoms with Gasteiger partial charge in [-0.3, -0.25) is 4.90 Å². The molecule has 2 heterocycles. The van der Waals surface area contributed by atoms with Gasteiger partial charge in [-0.05, 0) is 67.8 Å². The standard InChI is InChI=1S/C23H36N2O2/c1-16(2)10-19-13-25-9-8-18-11-23(27-15-17-6-5-7-17)22(26-4)12-20(18)21(25)14-24(19)3/h11-12,16-17,19,21H,5-10,13-15H2,1-4H3/t19-,21-/m1/s1. The van der Waals surface area contributed by atoms with E-state index in [0.717, 1.165) is 49.5 Å². The quantitative estimate of drug-likeness (QED) is 0.749. The van der Waals surface area contributed by atoms with Gasteiger partial charge in [-0.15, -0.1) is 0 Å². The number of fused-ring (bicyclic) bond motifs is 3. The Balaban J connectivity index is 1.52. The van der Waals surface area contributed by atoms with Crippen LogP contribution in [0.2, 0.25) is 0 Å². The lowest BCUT2D eigenvalue weighted by atomic mass is 9.86. The molecule has 0 bridgehead atoms. The molecule has 2 fully saturated rings. The molecule has 1 saturated heterocycles. The summed E-state index contributed by atoms with van der Waals surface area (Å²) in [6.45, 7) is 8.96. The monoisotopic (exact) mass is 372 g/mol. The third kappa shape index (κ3) is 3.97. The molecule has 1 aliphatic carbocycles. The molecule has 0 amide bonds. The fourth-order valence-corrected chi connectivity index (χ4v) is 4.96. The van der Waals surface area contributed by atoms with Crippen molar-refractivity contribution in [2.75, 3.05) is 40.4 Å². The Hall–Kier alpha value is -1.26. The molecule has 1 aromatic carbocycles. The van der Waals surface area contributed by atoms with Crippen LogP contribution in [-0.4, -0.2) is 56.2 Å². The summed E-state index contributed by atoms with van der Waals surface area (Å²) in [7, 11) is 4.07. The summed E-state index contributed by atoms with van der Waals surface area (Å²) in [6, 6.07) is 5.69. The molecule has 4 rings (SSSR count). The highest BCUT2D eigenvalue weighted by atomic mass is 16.5. The van der Waals surface area contributed by atoms with E-state index in [4.69, 9.17) is 9.47 Å². The third-order valence-electron chi connectivity index (χ3n) is 6.87. The maximum Gasteiger partial charge on any atom is 0.161 e. The number of ether oxygens (including phenoxy) is 2. The predicted molar refractivity (Wildman–Crippen MR) is 110 cm³/mol. The van der Waals surface area contributed by atoms with E-state index in [0.29, 0.717) is 12.1 Å². The van der Waals surface area contributed by atoms with Crippen LogP contribution in [0.1, 0.15) is 56.7 Å². The Kier molecular flexibility index (Phi) is 5.65. The number of hydrogen-bond acceptors (Lipinski definition) is 4. The SMILES string of the molecule is COc1cc2c(cc1OCC1CCC1)CCN1C[C@@H](CC(C)C)N(C)C[C@H]21. The molecular formula is C23H36N2O2. The number of likely N-dealkylation sites (N-methyl/N-ethyl adjacent to an activating group) is 1. The van der Waals surface area contributed by atoms with Gasteiger partial charge >= 0.3 is 0 Å². The molecule has 1 saturated carbocycles. The Bertz CT molecular complexity index is 656. The predicted octanol–water partition coefficient (Wildman–Crippen LogP) is 4.13. The van der Waals surface area contributed by atoms with Gasteiger partial charge in [0.1, 0.15) is 0 Å². The molecular weight excluding hydrogens is 336 g/mol. The molecule has 150 valence electrons. The van der Waals surface area contributed by atoms with Gasteiger partial charge < -0.3 is 14.4 Å². The van der Waals surface area contributed by atoms with Crippen LogP contribution in [-0.2, 0) is 6.42 Å². The zero-order valence-corrected chi connectivity index (χ0v) is 17.5. The van der Waals surface area contributed by atoms with Crippen LogP contribution in [0, 0.1) is 11.8 Å². The summed E-state index contributed by atoms with van der Waals surface area (Å²) in [6.07, 6.45) is 6.39. The van der Waals surface area contributed by atoms with Crippen LogP contribution in [0.25, 0.3) is 0 Å². The van der Waals surface area contributed by atoms with Crippen molar-refractivity contribution in [1.29, 1.82) is 0 Å². The van der Waals surface area contributed by atoms with Crippen molar-refractivity contribution in [1.82, 2.24) is 9.80 Å². The van der Waals surface area contributed by atoms with Crippen LogP contribution in [0.5, 0.6) is 11.5 Å². The first-order valence-corrected chi connectivity index (χ1v) is 10.8. The third-order valence-corrected chi connectivity index (χ3v) is 6.87. The molecule has 2 atom stereocenters. The maximum absolute atomic E-state index is 6.17. The van der Waals surface area contributed by atoms with E-state index < -0.39 is 0 Å². The summed E-state index contributed by atoms with van der Waals surface area (Å²) in [5.41, 5.74) is 2.90. The number of rotatable bonds is 6. The lowest BCUT2D eigenvalue weighted by molar-refractivity contribution is 0.0294. The topological polar surface area (TPSA) is 24.9 Å². The van der Waals surface area contributed by atoms with Gasteiger partial charge in [0.15, 0.2) is 11.5 Å². The average molecular weight is 373 g/mol. The molecule has 0 N–H and O–H groups in total. The van der Waals surface area contributed by atoms with Crippen molar-refractivity contribution in [2.24, 2.45) is 11.8 Å². The second-order valence-corrected chi connectivity index (χ2v) is 9.29. The van der Waals surface area contributed by atoms with Gasteiger partial charge in [-0.1, -0.05) is 20.3 Å². The number of benzene rings is 1. The number of methoxy groups -OCH3 is 1. The zero-order chi connectivity index (χ0) is 19.0. The lowest BCUT2D eigenvalue weighted by Crippen LogP contribution is -2.55. The van der Waals surface area contributed by atoms with E-state index in [1.807, 2.05) is 0 Å². The maximum atomic E-state index is 6.17. The van der Waals surface area contributed by atoms with Crippen molar-refractivity contribution in [3.05, 3.63) is 23.3 Å². The van der Waals surface area contributed by atoms with Crippen molar-refractivity contribution in [3.8, 4) is 11.5 Å².